The number of ketones is 1. The monoisotopic (exact) mass is 474 g/mol. The number of thiazole rings is 1. The zero-order valence-corrected chi connectivity index (χ0v) is 19.5. The van der Waals surface area contributed by atoms with Crippen LogP contribution in [0.25, 0.3) is 10.2 Å². The van der Waals surface area contributed by atoms with Crippen molar-refractivity contribution >= 4 is 38.4 Å². The van der Waals surface area contributed by atoms with Gasteiger partial charge in [-0.25, -0.2) is 4.98 Å². The molecule has 3 heterocycles. The van der Waals surface area contributed by atoms with Gasteiger partial charge in [0.15, 0.2) is 16.7 Å². The normalized spacial score (nSPS) is 16.0. The molecule has 34 heavy (non-hydrogen) atoms. The average Bonchev–Trinajstić information content (AvgIpc) is 3.58. The van der Waals surface area contributed by atoms with Crippen molar-refractivity contribution in [3.8, 4) is 5.75 Å². The van der Waals surface area contributed by atoms with E-state index in [2.05, 4.69) is 11.9 Å². The first-order valence-electron chi connectivity index (χ1n) is 11.0. The Morgan fingerprint density at radius 1 is 1.18 bits per heavy atom. The van der Waals surface area contributed by atoms with Crippen LogP contribution in [0.2, 0.25) is 0 Å². The number of benzene rings is 2. The Bertz CT molecular complexity index is 1400. The summed E-state index contributed by atoms with van der Waals surface area (Å²) in [4.78, 5) is 32.7. The Labute approximate surface area is 199 Å². The summed E-state index contributed by atoms with van der Waals surface area (Å²) in [7, 11) is 0. The summed E-state index contributed by atoms with van der Waals surface area (Å²) in [5.74, 6) is -1.12. The van der Waals surface area contributed by atoms with Gasteiger partial charge in [0, 0.05) is 0 Å². The average molecular weight is 475 g/mol. The quantitative estimate of drug-likeness (QED) is 0.349. The van der Waals surface area contributed by atoms with Gasteiger partial charge in [-0.1, -0.05) is 36.5 Å². The lowest BCUT2D eigenvalue weighted by Crippen LogP contribution is -2.30. The Morgan fingerprint density at radius 2 is 1.97 bits per heavy atom. The summed E-state index contributed by atoms with van der Waals surface area (Å²) in [5, 5.41) is 11.3. The minimum absolute atomic E-state index is 0.0439. The molecule has 0 saturated heterocycles. The van der Waals surface area contributed by atoms with Gasteiger partial charge in [0.1, 0.15) is 5.75 Å². The number of aromatic nitrogens is 1. The number of hydrogen-bond acceptors (Lipinski definition) is 7. The van der Waals surface area contributed by atoms with Crippen molar-refractivity contribution in [3.05, 3.63) is 89.1 Å². The highest BCUT2D eigenvalue weighted by Crippen LogP contribution is 2.44. The minimum atomic E-state index is -0.869. The van der Waals surface area contributed by atoms with Crippen molar-refractivity contribution in [3.63, 3.8) is 0 Å². The smallest absolute Gasteiger partial charge is 0.296 e. The van der Waals surface area contributed by atoms with E-state index in [9.17, 15) is 14.7 Å². The lowest BCUT2D eigenvalue weighted by Gasteiger charge is -2.24. The second kappa shape index (κ2) is 8.79. The fraction of sp³-hybridized carbons (Fsp3) is 0.192. The molecule has 0 fully saturated rings. The maximum absolute atomic E-state index is 13.3. The molecule has 1 atom stereocenters. The Morgan fingerprint density at radius 3 is 2.65 bits per heavy atom. The lowest BCUT2D eigenvalue weighted by molar-refractivity contribution is -0.117. The van der Waals surface area contributed by atoms with Gasteiger partial charge >= 0.3 is 0 Å². The molecule has 0 saturated carbocycles. The van der Waals surface area contributed by atoms with Crippen LogP contribution in [0.5, 0.6) is 5.75 Å². The zero-order valence-electron chi connectivity index (χ0n) is 18.6. The highest BCUT2D eigenvalue weighted by molar-refractivity contribution is 7.22. The van der Waals surface area contributed by atoms with Crippen molar-refractivity contribution in [2.24, 2.45) is 0 Å². The molecular formula is C26H22N2O5S. The van der Waals surface area contributed by atoms with E-state index in [1.54, 1.807) is 30.3 Å². The molecule has 2 aromatic carbocycles. The topological polar surface area (TPSA) is 92.9 Å². The van der Waals surface area contributed by atoms with Gasteiger partial charge in [0.05, 0.1) is 34.7 Å². The number of aliphatic hydroxyl groups excluding tert-OH is 1. The first kappa shape index (κ1) is 21.9. The van der Waals surface area contributed by atoms with E-state index in [1.165, 1.54) is 28.6 Å². The first-order valence-corrected chi connectivity index (χ1v) is 11.8. The highest BCUT2D eigenvalue weighted by Gasteiger charge is 2.46. The number of Topliss-reactive ketones (excluding diaryl/α,β-unsaturated/α-hetero) is 1. The molecule has 172 valence electrons. The van der Waals surface area contributed by atoms with Crippen LogP contribution in [0.1, 0.15) is 41.6 Å². The number of carbonyl (C=O) groups is 2. The number of carbonyl (C=O) groups excluding carboxylic acids is 2. The van der Waals surface area contributed by atoms with Gasteiger partial charge in [-0.15, -0.1) is 0 Å². The minimum Gasteiger partial charge on any atom is -0.503 e. The third-order valence-corrected chi connectivity index (χ3v) is 6.78. The van der Waals surface area contributed by atoms with Gasteiger partial charge in [0.25, 0.3) is 5.91 Å². The van der Waals surface area contributed by atoms with E-state index in [0.717, 1.165) is 22.2 Å². The number of rotatable bonds is 7. The van der Waals surface area contributed by atoms with Crippen LogP contribution in [0, 0.1) is 0 Å². The van der Waals surface area contributed by atoms with Gasteiger partial charge in [-0.05, 0) is 60.9 Å². The van der Waals surface area contributed by atoms with Crippen molar-refractivity contribution in [1.29, 1.82) is 0 Å². The standard InChI is InChI=1S/C26H22N2O5S/c1-3-15-7-12-18-20(14-15)34-26(27-18)28-22(16-8-10-17(11-9-16)32-4-2)21(24(30)25(28)31)23(29)19-6-5-13-33-19/h5-14,22,30H,3-4H2,1-2H3/t22-/m0/s1. The number of hydrogen-bond donors (Lipinski definition) is 1. The van der Waals surface area contributed by atoms with E-state index in [0.29, 0.717) is 23.1 Å². The number of nitrogens with zero attached hydrogens (tertiary/aromatic N) is 2. The first-order chi connectivity index (χ1) is 16.5. The number of aliphatic hydroxyl groups is 1. The molecule has 7 nitrogen and oxygen atoms in total. The molecule has 1 aliphatic heterocycles. The van der Waals surface area contributed by atoms with E-state index in [4.69, 9.17) is 9.15 Å². The molecule has 0 bridgehead atoms. The fourth-order valence-electron chi connectivity index (χ4n) is 4.08. The van der Waals surface area contributed by atoms with Crippen molar-refractivity contribution in [2.75, 3.05) is 11.5 Å². The fourth-order valence-corrected chi connectivity index (χ4v) is 5.14. The van der Waals surface area contributed by atoms with Gasteiger partial charge in [-0.3, -0.25) is 14.5 Å². The molecule has 1 amide bonds. The van der Waals surface area contributed by atoms with Gasteiger partial charge < -0.3 is 14.3 Å². The summed E-state index contributed by atoms with van der Waals surface area (Å²) in [6.45, 7) is 4.48. The third kappa shape index (κ3) is 3.66. The molecule has 5 rings (SSSR count). The summed E-state index contributed by atoms with van der Waals surface area (Å²) in [5.41, 5.74) is 2.51. The number of amides is 1. The molecule has 1 aliphatic rings. The predicted molar refractivity (Wildman–Crippen MR) is 130 cm³/mol. The number of ether oxygens (including phenoxy) is 1. The maximum atomic E-state index is 13.3. The second-order valence-electron chi connectivity index (χ2n) is 7.80. The van der Waals surface area contributed by atoms with Crippen molar-refractivity contribution in [1.82, 2.24) is 4.98 Å². The number of aryl methyl sites for hydroxylation is 1. The van der Waals surface area contributed by atoms with Crippen LogP contribution in [0.15, 0.2) is 76.6 Å². The molecule has 8 heteroatoms. The largest absolute Gasteiger partial charge is 0.503 e. The Hall–Kier alpha value is -3.91. The number of furan rings is 1. The molecule has 4 aromatic rings. The Balaban J connectivity index is 1.64. The van der Waals surface area contributed by atoms with Crippen LogP contribution in [0.4, 0.5) is 5.13 Å². The summed E-state index contributed by atoms with van der Waals surface area (Å²) >= 11 is 1.35. The maximum Gasteiger partial charge on any atom is 0.296 e. The second-order valence-corrected chi connectivity index (χ2v) is 8.81. The molecule has 0 spiro atoms. The summed E-state index contributed by atoms with van der Waals surface area (Å²) in [6, 6.07) is 15.3. The number of fused-ring (bicyclic) bond motifs is 1. The van der Waals surface area contributed by atoms with E-state index in [1.807, 2.05) is 25.1 Å². The molecule has 0 radical (unpaired) electrons. The number of anilines is 1. The van der Waals surface area contributed by atoms with Gasteiger partial charge in [0.2, 0.25) is 5.78 Å². The summed E-state index contributed by atoms with van der Waals surface area (Å²) < 4.78 is 11.7. The molecule has 1 N–H and O–H groups in total. The van der Waals surface area contributed by atoms with E-state index < -0.39 is 23.5 Å². The van der Waals surface area contributed by atoms with Crippen LogP contribution < -0.4 is 9.64 Å². The highest BCUT2D eigenvalue weighted by atomic mass is 32.1. The van der Waals surface area contributed by atoms with Crippen molar-refractivity contribution in [2.45, 2.75) is 26.3 Å². The molecule has 0 aliphatic carbocycles. The van der Waals surface area contributed by atoms with E-state index >= 15 is 0 Å². The Kier molecular flexibility index (Phi) is 5.67. The van der Waals surface area contributed by atoms with Crippen LogP contribution in [-0.2, 0) is 11.2 Å². The molecule has 0 unspecified atom stereocenters. The van der Waals surface area contributed by atoms with Crippen LogP contribution in [-0.4, -0.2) is 28.4 Å². The third-order valence-electron chi connectivity index (χ3n) is 5.76. The molecular weight excluding hydrogens is 452 g/mol. The predicted octanol–water partition coefficient (Wildman–Crippen LogP) is 5.63. The van der Waals surface area contributed by atoms with E-state index in [-0.39, 0.29) is 11.3 Å². The summed E-state index contributed by atoms with van der Waals surface area (Å²) in [6.07, 6.45) is 2.26. The zero-order chi connectivity index (χ0) is 23.8. The molecule has 2 aromatic heterocycles. The van der Waals surface area contributed by atoms with Crippen LogP contribution in [0.3, 0.4) is 0 Å². The van der Waals surface area contributed by atoms with Crippen molar-refractivity contribution < 1.29 is 23.8 Å². The lowest BCUT2D eigenvalue weighted by atomic mass is 9.95. The SMILES string of the molecule is CCOc1ccc([C@H]2C(C(=O)c3ccco3)=C(O)C(=O)N2c2nc3ccc(CC)cc3s2)cc1. The van der Waals surface area contributed by atoms with Gasteiger partial charge in [-0.2, -0.15) is 0 Å². The van der Waals surface area contributed by atoms with Crippen LogP contribution >= 0.6 is 11.3 Å².